The molecular formula is C15H18BrN5. The summed E-state index contributed by atoms with van der Waals surface area (Å²) in [6.45, 7) is 4.89. The molecule has 110 valence electrons. The summed E-state index contributed by atoms with van der Waals surface area (Å²) in [7, 11) is 0. The Hall–Kier alpha value is -1.66. The molecule has 0 saturated carbocycles. The molecule has 6 heteroatoms. The van der Waals surface area contributed by atoms with E-state index in [1.54, 1.807) is 12.4 Å². The molecule has 3 rings (SSSR count). The molecule has 1 aromatic heterocycles. The Morgan fingerprint density at radius 3 is 2.48 bits per heavy atom. The molecule has 0 spiro atoms. The lowest BCUT2D eigenvalue weighted by atomic mass is 10.2. The molecule has 0 unspecified atom stereocenters. The fourth-order valence-electron chi connectivity index (χ4n) is 2.49. The van der Waals surface area contributed by atoms with E-state index in [1.165, 1.54) is 5.56 Å². The molecule has 1 saturated heterocycles. The van der Waals surface area contributed by atoms with Gasteiger partial charge in [-0.3, -0.25) is 4.90 Å². The average molecular weight is 348 g/mol. The minimum absolute atomic E-state index is 0.782. The van der Waals surface area contributed by atoms with Gasteiger partial charge in [0.25, 0.3) is 0 Å². The standard InChI is InChI=1S/C15H18BrN5/c16-13-10-12(2-3-14(13)17)11-20-6-8-21(9-7-20)15-18-4-1-5-19-15/h1-5,10H,6-9,11,17H2. The number of halogens is 1. The Balaban J connectivity index is 1.57. The van der Waals surface area contributed by atoms with E-state index >= 15 is 0 Å². The number of hydrogen-bond acceptors (Lipinski definition) is 5. The summed E-state index contributed by atoms with van der Waals surface area (Å²) in [4.78, 5) is 13.3. The third-order valence-electron chi connectivity index (χ3n) is 3.68. The van der Waals surface area contributed by atoms with Crippen LogP contribution in [-0.2, 0) is 6.54 Å². The van der Waals surface area contributed by atoms with Crippen LogP contribution in [0.2, 0.25) is 0 Å². The van der Waals surface area contributed by atoms with Crippen LogP contribution in [0.1, 0.15) is 5.56 Å². The van der Waals surface area contributed by atoms with Crippen LogP contribution in [0, 0.1) is 0 Å². The van der Waals surface area contributed by atoms with Crippen molar-refractivity contribution in [3.8, 4) is 0 Å². The van der Waals surface area contributed by atoms with Gasteiger partial charge in [-0.15, -0.1) is 0 Å². The van der Waals surface area contributed by atoms with Crippen LogP contribution >= 0.6 is 15.9 Å². The van der Waals surface area contributed by atoms with Gasteiger partial charge < -0.3 is 10.6 Å². The summed E-state index contributed by atoms with van der Waals surface area (Å²) in [6.07, 6.45) is 3.58. The number of nitrogens with two attached hydrogens (primary N) is 1. The van der Waals surface area contributed by atoms with Crippen LogP contribution < -0.4 is 10.6 Å². The maximum atomic E-state index is 5.82. The van der Waals surface area contributed by atoms with E-state index < -0.39 is 0 Å². The minimum Gasteiger partial charge on any atom is -0.398 e. The molecule has 2 heterocycles. The molecule has 2 N–H and O–H groups in total. The first kappa shape index (κ1) is 14.3. The number of nitrogens with zero attached hydrogens (tertiary/aromatic N) is 4. The van der Waals surface area contributed by atoms with Crippen molar-refractivity contribution in [3.05, 3.63) is 46.7 Å². The predicted molar refractivity (Wildman–Crippen MR) is 88.1 cm³/mol. The highest BCUT2D eigenvalue weighted by molar-refractivity contribution is 9.10. The van der Waals surface area contributed by atoms with Gasteiger partial charge in [-0.25, -0.2) is 9.97 Å². The van der Waals surface area contributed by atoms with E-state index in [1.807, 2.05) is 12.1 Å². The molecule has 1 aliphatic heterocycles. The van der Waals surface area contributed by atoms with Crippen molar-refractivity contribution in [3.63, 3.8) is 0 Å². The summed E-state index contributed by atoms with van der Waals surface area (Å²) in [6, 6.07) is 7.99. The van der Waals surface area contributed by atoms with Crippen molar-refractivity contribution in [1.82, 2.24) is 14.9 Å². The van der Waals surface area contributed by atoms with Gasteiger partial charge in [0, 0.05) is 55.3 Å². The van der Waals surface area contributed by atoms with Crippen LogP contribution in [0.4, 0.5) is 11.6 Å². The second-order valence-corrected chi connectivity index (χ2v) is 6.02. The molecule has 0 aliphatic carbocycles. The molecule has 2 aromatic rings. The Kier molecular flexibility index (Phi) is 4.36. The smallest absolute Gasteiger partial charge is 0.225 e. The lowest BCUT2D eigenvalue weighted by molar-refractivity contribution is 0.248. The number of rotatable bonds is 3. The lowest BCUT2D eigenvalue weighted by Crippen LogP contribution is -2.46. The molecule has 1 aromatic carbocycles. The molecular weight excluding hydrogens is 330 g/mol. The maximum Gasteiger partial charge on any atom is 0.225 e. The largest absolute Gasteiger partial charge is 0.398 e. The predicted octanol–water partition coefficient (Wildman–Crippen LogP) is 2.14. The molecule has 21 heavy (non-hydrogen) atoms. The fourth-order valence-corrected chi connectivity index (χ4v) is 2.91. The molecule has 1 aliphatic rings. The van der Waals surface area contributed by atoms with Crippen LogP contribution in [-0.4, -0.2) is 41.0 Å². The maximum absolute atomic E-state index is 5.82. The molecule has 5 nitrogen and oxygen atoms in total. The van der Waals surface area contributed by atoms with Crippen molar-refractivity contribution < 1.29 is 0 Å². The fraction of sp³-hybridized carbons (Fsp3) is 0.333. The van der Waals surface area contributed by atoms with Crippen molar-refractivity contribution in [2.75, 3.05) is 36.8 Å². The topological polar surface area (TPSA) is 58.3 Å². The van der Waals surface area contributed by atoms with E-state index in [0.29, 0.717) is 0 Å². The van der Waals surface area contributed by atoms with Crippen molar-refractivity contribution in [2.24, 2.45) is 0 Å². The van der Waals surface area contributed by atoms with Crippen molar-refractivity contribution in [2.45, 2.75) is 6.54 Å². The molecule has 0 amide bonds. The monoisotopic (exact) mass is 347 g/mol. The van der Waals surface area contributed by atoms with Gasteiger partial charge in [0.2, 0.25) is 5.95 Å². The van der Waals surface area contributed by atoms with E-state index in [9.17, 15) is 0 Å². The first-order valence-corrected chi connectivity index (χ1v) is 7.80. The molecule has 0 radical (unpaired) electrons. The molecule has 0 atom stereocenters. The summed E-state index contributed by atoms with van der Waals surface area (Å²) in [5.41, 5.74) is 7.88. The number of hydrogen-bond donors (Lipinski definition) is 1. The van der Waals surface area contributed by atoms with Gasteiger partial charge in [-0.05, 0) is 39.7 Å². The molecule has 0 bridgehead atoms. The van der Waals surface area contributed by atoms with Crippen LogP contribution in [0.3, 0.4) is 0 Å². The van der Waals surface area contributed by atoms with Crippen LogP contribution in [0.15, 0.2) is 41.1 Å². The van der Waals surface area contributed by atoms with E-state index in [2.05, 4.69) is 47.8 Å². The summed E-state index contributed by atoms with van der Waals surface area (Å²) < 4.78 is 0.969. The summed E-state index contributed by atoms with van der Waals surface area (Å²) in [5, 5.41) is 0. The van der Waals surface area contributed by atoms with Crippen molar-refractivity contribution in [1.29, 1.82) is 0 Å². The Morgan fingerprint density at radius 1 is 1.10 bits per heavy atom. The van der Waals surface area contributed by atoms with Crippen LogP contribution in [0.25, 0.3) is 0 Å². The third kappa shape index (κ3) is 3.51. The van der Waals surface area contributed by atoms with Gasteiger partial charge in [-0.2, -0.15) is 0 Å². The minimum atomic E-state index is 0.782. The summed E-state index contributed by atoms with van der Waals surface area (Å²) in [5.74, 6) is 0.826. The number of nitrogen functional groups attached to an aromatic ring is 1. The average Bonchev–Trinajstić information content (AvgIpc) is 2.53. The van der Waals surface area contributed by atoms with Gasteiger partial charge in [0.05, 0.1) is 0 Å². The first-order valence-electron chi connectivity index (χ1n) is 7.00. The first-order chi connectivity index (χ1) is 10.2. The van der Waals surface area contributed by atoms with Gasteiger partial charge in [0.1, 0.15) is 0 Å². The second-order valence-electron chi connectivity index (χ2n) is 5.17. The van der Waals surface area contributed by atoms with E-state index in [4.69, 9.17) is 5.73 Å². The molecule has 1 fully saturated rings. The number of benzene rings is 1. The van der Waals surface area contributed by atoms with E-state index in [0.717, 1.165) is 48.8 Å². The number of anilines is 2. The highest BCUT2D eigenvalue weighted by Gasteiger charge is 2.18. The van der Waals surface area contributed by atoms with Gasteiger partial charge in [0.15, 0.2) is 0 Å². The zero-order valence-corrected chi connectivity index (χ0v) is 13.3. The number of piperazine rings is 1. The summed E-state index contributed by atoms with van der Waals surface area (Å²) >= 11 is 3.48. The Bertz CT molecular complexity index is 596. The second kappa shape index (κ2) is 6.41. The normalized spacial score (nSPS) is 16.1. The zero-order chi connectivity index (χ0) is 14.7. The lowest BCUT2D eigenvalue weighted by Gasteiger charge is -2.34. The van der Waals surface area contributed by atoms with Crippen LogP contribution in [0.5, 0.6) is 0 Å². The Morgan fingerprint density at radius 2 is 1.81 bits per heavy atom. The highest BCUT2D eigenvalue weighted by atomic mass is 79.9. The SMILES string of the molecule is Nc1ccc(CN2CCN(c3ncccn3)CC2)cc1Br. The quantitative estimate of drug-likeness (QED) is 0.862. The van der Waals surface area contributed by atoms with Gasteiger partial charge in [-0.1, -0.05) is 6.07 Å². The zero-order valence-electron chi connectivity index (χ0n) is 11.7. The van der Waals surface area contributed by atoms with Gasteiger partial charge >= 0.3 is 0 Å². The van der Waals surface area contributed by atoms with E-state index in [-0.39, 0.29) is 0 Å². The third-order valence-corrected chi connectivity index (χ3v) is 4.37. The van der Waals surface area contributed by atoms with Crippen molar-refractivity contribution >= 4 is 27.6 Å². The Labute approximate surface area is 132 Å². The highest BCUT2D eigenvalue weighted by Crippen LogP contribution is 2.21. The number of aromatic nitrogens is 2.